The number of nitrogens with zero attached hydrogens (tertiary/aromatic N) is 2. The van der Waals surface area contributed by atoms with Crippen LogP contribution in [0.4, 0.5) is 0 Å². The van der Waals surface area contributed by atoms with Crippen LogP contribution in [0.1, 0.15) is 39.5 Å². The molecule has 6 nitrogen and oxygen atoms in total. The number of hydrogen-bond acceptors (Lipinski definition) is 4. The van der Waals surface area contributed by atoms with Gasteiger partial charge in [0.1, 0.15) is 0 Å². The van der Waals surface area contributed by atoms with Crippen molar-refractivity contribution in [3.05, 3.63) is 0 Å². The van der Waals surface area contributed by atoms with E-state index in [9.17, 15) is 8.42 Å². The summed E-state index contributed by atoms with van der Waals surface area (Å²) in [5.74, 6) is 0. The van der Waals surface area contributed by atoms with Crippen LogP contribution in [0.2, 0.25) is 0 Å². The maximum Gasteiger partial charge on any atom is 0.282 e. The van der Waals surface area contributed by atoms with Crippen LogP contribution in [0.3, 0.4) is 0 Å². The first-order valence-corrected chi connectivity index (χ1v) is 9.45. The van der Waals surface area contributed by atoms with Crippen LogP contribution in [0, 0.1) is 0 Å². The van der Waals surface area contributed by atoms with E-state index in [1.54, 1.807) is 11.4 Å². The third-order valence-electron chi connectivity index (χ3n) is 4.67. The molecule has 1 N–H and O–H groups in total. The summed E-state index contributed by atoms with van der Waals surface area (Å²) in [5, 5.41) is 3.29. The molecule has 2 fully saturated rings. The van der Waals surface area contributed by atoms with Crippen LogP contribution in [-0.2, 0) is 14.9 Å². The van der Waals surface area contributed by atoms with Gasteiger partial charge in [0.15, 0.2) is 0 Å². The second-order valence-corrected chi connectivity index (χ2v) is 7.96. The lowest BCUT2D eigenvalue weighted by Gasteiger charge is -2.39. The summed E-state index contributed by atoms with van der Waals surface area (Å²) >= 11 is 0. The Kier molecular flexibility index (Phi) is 6.02. The summed E-state index contributed by atoms with van der Waals surface area (Å²) in [4.78, 5) is 0. The third kappa shape index (κ3) is 3.76. The molecule has 2 aliphatic rings. The van der Waals surface area contributed by atoms with Gasteiger partial charge in [-0.15, -0.1) is 0 Å². The molecule has 0 aromatic heterocycles. The lowest BCUT2D eigenvalue weighted by atomic mass is 10.1. The van der Waals surface area contributed by atoms with E-state index in [4.69, 9.17) is 4.74 Å². The Labute approximate surface area is 129 Å². The molecule has 3 unspecified atom stereocenters. The highest BCUT2D eigenvalue weighted by Crippen LogP contribution is 2.26. The molecule has 0 spiro atoms. The predicted molar refractivity (Wildman–Crippen MR) is 83.4 cm³/mol. The average molecular weight is 319 g/mol. The van der Waals surface area contributed by atoms with Crippen LogP contribution in [0.15, 0.2) is 0 Å². The summed E-state index contributed by atoms with van der Waals surface area (Å²) in [6.45, 7) is 6.88. The molecule has 0 saturated carbocycles. The molecule has 0 bridgehead atoms. The number of likely N-dealkylation sites (N-methyl/N-ethyl adjacent to an activating group) is 2. The minimum absolute atomic E-state index is 0.0261. The number of hydrogen-bond donors (Lipinski definition) is 1. The van der Waals surface area contributed by atoms with Crippen molar-refractivity contribution >= 4 is 10.2 Å². The molecule has 3 atom stereocenters. The maximum absolute atomic E-state index is 13.0. The monoisotopic (exact) mass is 319 g/mol. The van der Waals surface area contributed by atoms with Crippen molar-refractivity contribution in [1.82, 2.24) is 13.9 Å². The Balaban J connectivity index is 2.11. The first-order chi connectivity index (χ1) is 9.98. The van der Waals surface area contributed by atoms with E-state index >= 15 is 0 Å². The van der Waals surface area contributed by atoms with Gasteiger partial charge in [-0.3, -0.25) is 0 Å². The first kappa shape index (κ1) is 17.1. The zero-order valence-electron chi connectivity index (χ0n) is 13.4. The van der Waals surface area contributed by atoms with Crippen molar-refractivity contribution < 1.29 is 13.2 Å². The third-order valence-corrected chi connectivity index (χ3v) is 6.74. The summed E-state index contributed by atoms with van der Waals surface area (Å²) in [5.41, 5.74) is 0. The van der Waals surface area contributed by atoms with E-state index in [0.29, 0.717) is 13.2 Å². The fourth-order valence-corrected chi connectivity index (χ4v) is 5.19. The highest BCUT2D eigenvalue weighted by molar-refractivity contribution is 7.86. The molecular weight excluding hydrogens is 290 g/mol. The van der Waals surface area contributed by atoms with Crippen molar-refractivity contribution in [3.63, 3.8) is 0 Å². The highest BCUT2D eigenvalue weighted by atomic mass is 32.2. The fraction of sp³-hybridized carbons (Fsp3) is 1.00. The van der Waals surface area contributed by atoms with Crippen LogP contribution in [0.5, 0.6) is 0 Å². The van der Waals surface area contributed by atoms with Gasteiger partial charge in [-0.1, -0.05) is 13.3 Å². The van der Waals surface area contributed by atoms with E-state index in [0.717, 1.165) is 38.8 Å². The second kappa shape index (κ2) is 7.37. The molecule has 0 radical (unpaired) electrons. The smallest absolute Gasteiger partial charge is 0.282 e. The number of rotatable bonds is 6. The molecule has 0 amide bonds. The Bertz CT molecular complexity index is 429. The van der Waals surface area contributed by atoms with E-state index in [-0.39, 0.29) is 18.2 Å². The molecule has 7 heteroatoms. The number of piperidine rings is 1. The van der Waals surface area contributed by atoms with Crippen molar-refractivity contribution in [3.8, 4) is 0 Å². The summed E-state index contributed by atoms with van der Waals surface area (Å²) < 4.78 is 34.7. The van der Waals surface area contributed by atoms with Gasteiger partial charge < -0.3 is 10.1 Å². The topological polar surface area (TPSA) is 61.9 Å². The van der Waals surface area contributed by atoms with E-state index in [2.05, 4.69) is 5.32 Å². The Morgan fingerprint density at radius 1 is 1.33 bits per heavy atom. The molecule has 2 saturated heterocycles. The maximum atomic E-state index is 13.0. The van der Waals surface area contributed by atoms with Gasteiger partial charge in [-0.25, -0.2) is 0 Å². The van der Waals surface area contributed by atoms with E-state index < -0.39 is 10.2 Å². The molecule has 2 aliphatic heterocycles. The highest BCUT2D eigenvalue weighted by Gasteiger charge is 2.40. The lowest BCUT2D eigenvalue weighted by molar-refractivity contribution is 0.0992. The lowest BCUT2D eigenvalue weighted by Crippen LogP contribution is -2.55. The number of ether oxygens (including phenoxy) is 1. The second-order valence-electron chi connectivity index (χ2n) is 6.02. The molecule has 21 heavy (non-hydrogen) atoms. The Hall–Kier alpha value is -0.210. The minimum atomic E-state index is -3.41. The van der Waals surface area contributed by atoms with Crippen molar-refractivity contribution in [2.45, 2.75) is 57.7 Å². The normalized spacial score (nSPS) is 31.9. The van der Waals surface area contributed by atoms with Crippen LogP contribution < -0.4 is 5.32 Å². The largest absolute Gasteiger partial charge is 0.377 e. The average Bonchev–Trinajstić information content (AvgIpc) is 2.90. The van der Waals surface area contributed by atoms with Crippen LogP contribution in [-0.4, -0.2) is 68.5 Å². The Morgan fingerprint density at radius 2 is 2.10 bits per heavy atom. The van der Waals surface area contributed by atoms with Gasteiger partial charge in [0, 0.05) is 32.8 Å². The first-order valence-electron chi connectivity index (χ1n) is 8.05. The van der Waals surface area contributed by atoms with Gasteiger partial charge in [0.2, 0.25) is 0 Å². The van der Waals surface area contributed by atoms with Gasteiger partial charge >= 0.3 is 0 Å². The molecule has 0 aliphatic carbocycles. The summed E-state index contributed by atoms with van der Waals surface area (Å²) in [6.07, 6.45) is 3.75. The summed E-state index contributed by atoms with van der Waals surface area (Å²) in [7, 11) is -1.71. The van der Waals surface area contributed by atoms with E-state index in [1.807, 2.05) is 13.8 Å². The Morgan fingerprint density at radius 3 is 2.71 bits per heavy atom. The van der Waals surface area contributed by atoms with Crippen molar-refractivity contribution in [1.29, 1.82) is 0 Å². The van der Waals surface area contributed by atoms with Crippen LogP contribution in [0.25, 0.3) is 0 Å². The minimum Gasteiger partial charge on any atom is -0.377 e. The van der Waals surface area contributed by atoms with Crippen molar-refractivity contribution in [2.75, 3.05) is 33.3 Å². The fourth-order valence-electron chi connectivity index (χ4n) is 3.33. The molecule has 124 valence electrons. The summed E-state index contributed by atoms with van der Waals surface area (Å²) in [6, 6.07) is 0.0282. The molecule has 0 aromatic carbocycles. The van der Waals surface area contributed by atoms with E-state index in [1.165, 1.54) is 4.31 Å². The zero-order chi connectivity index (χ0) is 15.5. The molecule has 0 aromatic rings. The van der Waals surface area contributed by atoms with Gasteiger partial charge in [-0.05, 0) is 32.7 Å². The standard InChI is InChI=1S/C14H29N3O3S/c1-4-15-11-13-7-5-6-9-17(13)21(18,19)16(3)14-8-10-20-12(14)2/h12-15H,4-11H2,1-3H3. The quantitative estimate of drug-likeness (QED) is 0.787. The van der Waals surface area contributed by atoms with Crippen molar-refractivity contribution in [2.24, 2.45) is 0 Å². The predicted octanol–water partition coefficient (Wildman–Crippen LogP) is 0.804. The molecule has 2 heterocycles. The van der Waals surface area contributed by atoms with Gasteiger partial charge in [0.25, 0.3) is 10.2 Å². The van der Waals surface area contributed by atoms with Gasteiger partial charge in [-0.2, -0.15) is 17.0 Å². The molecule has 2 rings (SSSR count). The van der Waals surface area contributed by atoms with Crippen LogP contribution >= 0.6 is 0 Å². The number of nitrogens with one attached hydrogen (secondary N) is 1. The zero-order valence-corrected chi connectivity index (χ0v) is 14.2. The SMILES string of the molecule is CCNCC1CCCCN1S(=O)(=O)N(C)C1CCOC1C. The van der Waals surface area contributed by atoms with Gasteiger partial charge in [0.05, 0.1) is 12.1 Å². The molecular formula is C14H29N3O3S.